The molecule has 122 valence electrons. The van der Waals surface area contributed by atoms with Crippen molar-refractivity contribution in [2.24, 2.45) is 0 Å². The van der Waals surface area contributed by atoms with Crippen LogP contribution in [0.2, 0.25) is 0 Å². The zero-order valence-electron chi connectivity index (χ0n) is 12.9. The molecule has 2 aromatic carbocycles. The van der Waals surface area contributed by atoms with Crippen LogP contribution in [0.5, 0.6) is 0 Å². The molecule has 24 heavy (non-hydrogen) atoms. The van der Waals surface area contributed by atoms with Gasteiger partial charge in [0.25, 0.3) is 0 Å². The number of halogens is 1. The number of aromatic nitrogens is 2. The maximum atomic E-state index is 12.9. The number of hydrogen-bond donors (Lipinski definition) is 1. The summed E-state index contributed by atoms with van der Waals surface area (Å²) in [6.07, 6.45) is 0. The molecule has 0 radical (unpaired) electrons. The van der Waals surface area contributed by atoms with E-state index in [0.717, 1.165) is 5.56 Å². The number of carbonyl (C=O) groups is 1. The largest absolute Gasteiger partial charge is 0.419 e. The predicted molar refractivity (Wildman–Crippen MR) is 86.6 cm³/mol. The van der Waals surface area contributed by atoms with E-state index in [2.05, 4.69) is 15.5 Å². The van der Waals surface area contributed by atoms with E-state index in [1.165, 1.54) is 29.2 Å². The number of nitrogens with zero attached hydrogens (tertiary/aromatic N) is 3. The van der Waals surface area contributed by atoms with E-state index >= 15 is 0 Å². The van der Waals surface area contributed by atoms with Crippen LogP contribution in [0.25, 0.3) is 11.5 Å². The molecular weight excluding hydrogens is 311 g/mol. The predicted octanol–water partition coefficient (Wildman–Crippen LogP) is 3.54. The van der Waals surface area contributed by atoms with Gasteiger partial charge in [-0.3, -0.25) is 0 Å². The summed E-state index contributed by atoms with van der Waals surface area (Å²) in [5.41, 5.74) is 1.32. The molecular formula is C17H15FN4O2. The molecule has 2 amide bonds. The lowest BCUT2D eigenvalue weighted by Gasteiger charge is -2.15. The maximum Gasteiger partial charge on any atom is 0.322 e. The molecule has 0 aliphatic carbocycles. The van der Waals surface area contributed by atoms with E-state index in [0.29, 0.717) is 17.5 Å². The lowest BCUT2D eigenvalue weighted by molar-refractivity contribution is 0.216. The van der Waals surface area contributed by atoms with E-state index in [1.54, 1.807) is 7.05 Å². The fourth-order valence-electron chi connectivity index (χ4n) is 2.04. The normalized spacial score (nSPS) is 10.4. The van der Waals surface area contributed by atoms with Crippen molar-refractivity contribution in [1.29, 1.82) is 0 Å². The molecule has 3 rings (SSSR count). The summed E-state index contributed by atoms with van der Waals surface area (Å²) >= 11 is 0. The highest BCUT2D eigenvalue weighted by atomic mass is 19.1. The highest BCUT2D eigenvalue weighted by Crippen LogP contribution is 2.17. The summed E-state index contributed by atoms with van der Waals surface area (Å²) in [5, 5.41) is 10.6. The van der Waals surface area contributed by atoms with Gasteiger partial charge >= 0.3 is 6.03 Å². The van der Waals surface area contributed by atoms with Gasteiger partial charge < -0.3 is 14.6 Å². The van der Waals surface area contributed by atoms with Gasteiger partial charge in [0.15, 0.2) is 0 Å². The van der Waals surface area contributed by atoms with Crippen LogP contribution in [0.1, 0.15) is 5.89 Å². The lowest BCUT2D eigenvalue weighted by Crippen LogP contribution is -2.30. The van der Waals surface area contributed by atoms with Crippen LogP contribution in [0, 0.1) is 5.82 Å². The van der Waals surface area contributed by atoms with Gasteiger partial charge in [-0.15, -0.1) is 10.2 Å². The van der Waals surface area contributed by atoms with Gasteiger partial charge in [0, 0.05) is 18.3 Å². The number of rotatable bonds is 4. The van der Waals surface area contributed by atoms with E-state index in [9.17, 15) is 9.18 Å². The monoisotopic (exact) mass is 326 g/mol. The molecule has 1 aromatic heterocycles. The van der Waals surface area contributed by atoms with Crippen molar-refractivity contribution in [3.8, 4) is 11.5 Å². The summed E-state index contributed by atoms with van der Waals surface area (Å²) in [7, 11) is 1.60. The van der Waals surface area contributed by atoms with Crippen LogP contribution in [0.4, 0.5) is 14.9 Å². The van der Waals surface area contributed by atoms with E-state index in [-0.39, 0.29) is 18.4 Å². The van der Waals surface area contributed by atoms with Gasteiger partial charge in [0.2, 0.25) is 11.8 Å². The molecule has 0 saturated heterocycles. The number of hydrogen-bond acceptors (Lipinski definition) is 4. The van der Waals surface area contributed by atoms with Crippen molar-refractivity contribution in [1.82, 2.24) is 15.1 Å². The first kappa shape index (κ1) is 15.7. The molecule has 1 heterocycles. The first-order valence-corrected chi connectivity index (χ1v) is 7.27. The molecule has 0 spiro atoms. The van der Waals surface area contributed by atoms with Gasteiger partial charge in [-0.05, 0) is 36.4 Å². The smallest absolute Gasteiger partial charge is 0.322 e. The zero-order valence-corrected chi connectivity index (χ0v) is 12.9. The van der Waals surface area contributed by atoms with E-state index in [4.69, 9.17) is 4.42 Å². The lowest BCUT2D eigenvalue weighted by atomic mass is 10.2. The van der Waals surface area contributed by atoms with Crippen LogP contribution in [0.3, 0.4) is 0 Å². The van der Waals surface area contributed by atoms with Gasteiger partial charge in [-0.2, -0.15) is 0 Å². The second-order valence-corrected chi connectivity index (χ2v) is 5.16. The molecule has 6 nitrogen and oxygen atoms in total. The molecule has 0 aliphatic heterocycles. The second kappa shape index (κ2) is 6.91. The molecule has 3 aromatic rings. The standard InChI is InChI=1S/C17H15FN4O2/c1-22(17(23)19-14-9-7-13(18)8-10-14)11-15-20-21-16(24-15)12-5-3-2-4-6-12/h2-10H,11H2,1H3,(H,19,23). The van der Waals surface area contributed by atoms with Crippen molar-refractivity contribution in [2.45, 2.75) is 6.54 Å². The number of benzene rings is 2. The zero-order chi connectivity index (χ0) is 16.9. The number of anilines is 1. The molecule has 7 heteroatoms. The number of nitrogens with one attached hydrogen (secondary N) is 1. The third kappa shape index (κ3) is 3.75. The Hall–Kier alpha value is -3.22. The van der Waals surface area contributed by atoms with Crippen LogP contribution in [-0.4, -0.2) is 28.2 Å². The van der Waals surface area contributed by atoms with Crippen molar-refractivity contribution < 1.29 is 13.6 Å². The molecule has 1 N–H and O–H groups in total. The average Bonchev–Trinajstić information content (AvgIpc) is 3.06. The number of carbonyl (C=O) groups excluding carboxylic acids is 1. The highest BCUT2D eigenvalue weighted by molar-refractivity contribution is 5.88. The minimum atomic E-state index is -0.361. The second-order valence-electron chi connectivity index (χ2n) is 5.16. The Balaban J connectivity index is 1.62. The first-order valence-electron chi connectivity index (χ1n) is 7.27. The minimum Gasteiger partial charge on any atom is -0.419 e. The van der Waals surface area contributed by atoms with Crippen molar-refractivity contribution in [3.05, 3.63) is 66.3 Å². The summed E-state index contributed by atoms with van der Waals surface area (Å²) in [6, 6.07) is 14.5. The van der Waals surface area contributed by atoms with Crippen LogP contribution >= 0.6 is 0 Å². The Morgan fingerprint density at radius 3 is 2.54 bits per heavy atom. The van der Waals surface area contributed by atoms with Crippen LogP contribution < -0.4 is 5.32 Å². The summed E-state index contributed by atoms with van der Waals surface area (Å²) in [6.45, 7) is 0.160. The molecule has 0 aliphatic rings. The fraction of sp³-hybridized carbons (Fsp3) is 0.118. The average molecular weight is 326 g/mol. The molecule has 0 unspecified atom stereocenters. The van der Waals surface area contributed by atoms with E-state index < -0.39 is 0 Å². The Labute approximate surface area is 137 Å². The van der Waals surface area contributed by atoms with Crippen molar-refractivity contribution >= 4 is 11.7 Å². The number of amides is 2. The summed E-state index contributed by atoms with van der Waals surface area (Å²) in [4.78, 5) is 13.5. The Morgan fingerprint density at radius 1 is 1.12 bits per heavy atom. The third-order valence-electron chi connectivity index (χ3n) is 3.30. The van der Waals surface area contributed by atoms with Crippen LogP contribution in [0.15, 0.2) is 59.0 Å². The third-order valence-corrected chi connectivity index (χ3v) is 3.30. The Morgan fingerprint density at radius 2 is 1.83 bits per heavy atom. The molecule has 0 bridgehead atoms. The van der Waals surface area contributed by atoms with Gasteiger partial charge in [-0.1, -0.05) is 18.2 Å². The quantitative estimate of drug-likeness (QED) is 0.796. The Bertz CT molecular complexity index is 818. The van der Waals surface area contributed by atoms with E-state index in [1.807, 2.05) is 30.3 Å². The fourth-order valence-corrected chi connectivity index (χ4v) is 2.04. The maximum absolute atomic E-state index is 12.9. The first-order chi connectivity index (χ1) is 11.6. The summed E-state index contributed by atoms with van der Waals surface area (Å²) in [5.74, 6) is 0.365. The Kier molecular flexibility index (Phi) is 4.51. The van der Waals surface area contributed by atoms with Crippen molar-refractivity contribution in [3.63, 3.8) is 0 Å². The highest BCUT2D eigenvalue weighted by Gasteiger charge is 2.14. The van der Waals surface area contributed by atoms with Gasteiger partial charge in [0.1, 0.15) is 12.4 Å². The topological polar surface area (TPSA) is 71.3 Å². The minimum absolute atomic E-state index is 0.160. The SMILES string of the molecule is CN(Cc1nnc(-c2ccccc2)o1)C(=O)Nc1ccc(F)cc1. The molecule has 0 atom stereocenters. The van der Waals surface area contributed by atoms with Gasteiger partial charge in [0.05, 0.1) is 0 Å². The molecule has 0 saturated carbocycles. The van der Waals surface area contributed by atoms with Gasteiger partial charge in [-0.25, -0.2) is 9.18 Å². The summed E-state index contributed by atoms with van der Waals surface area (Å²) < 4.78 is 18.4. The number of urea groups is 1. The van der Waals surface area contributed by atoms with Crippen LogP contribution in [-0.2, 0) is 6.54 Å². The van der Waals surface area contributed by atoms with Crippen molar-refractivity contribution in [2.75, 3.05) is 12.4 Å². The molecule has 0 fully saturated rings.